The van der Waals surface area contributed by atoms with Crippen molar-refractivity contribution in [3.05, 3.63) is 36.1 Å². The first-order chi connectivity index (χ1) is 7.21. The Hall–Kier alpha value is -1.32. The topological polar surface area (TPSA) is 65.2 Å². The van der Waals surface area contributed by atoms with Crippen molar-refractivity contribution >= 4 is 11.0 Å². The van der Waals surface area contributed by atoms with E-state index in [2.05, 4.69) is 0 Å². The van der Waals surface area contributed by atoms with E-state index in [9.17, 15) is 0 Å². The lowest BCUT2D eigenvalue weighted by Gasteiger charge is -2.17. The molecule has 1 unspecified atom stereocenters. The lowest BCUT2D eigenvalue weighted by atomic mass is 9.98. The summed E-state index contributed by atoms with van der Waals surface area (Å²) in [5, 5.41) is 1.08. The van der Waals surface area contributed by atoms with Gasteiger partial charge in [0.15, 0.2) is 0 Å². The molecule has 1 heterocycles. The van der Waals surface area contributed by atoms with Crippen molar-refractivity contribution < 1.29 is 4.42 Å². The van der Waals surface area contributed by atoms with Gasteiger partial charge in [0.1, 0.15) is 5.58 Å². The third-order valence-corrected chi connectivity index (χ3v) is 3.29. The molecule has 0 bridgehead atoms. The molecule has 0 aliphatic heterocycles. The van der Waals surface area contributed by atoms with Gasteiger partial charge in [0.2, 0.25) is 0 Å². The summed E-state index contributed by atoms with van der Waals surface area (Å²) >= 11 is 0. The predicted octanol–water partition coefficient (Wildman–Crippen LogP) is 1.92. The maximum atomic E-state index is 6.16. The molecule has 1 aromatic carbocycles. The van der Waals surface area contributed by atoms with Gasteiger partial charge >= 0.3 is 0 Å². The smallest absolute Gasteiger partial charge is 0.134 e. The van der Waals surface area contributed by atoms with E-state index in [0.717, 1.165) is 29.4 Å². The zero-order valence-electron chi connectivity index (χ0n) is 8.44. The minimum absolute atomic E-state index is 0.110. The Bertz CT molecular complexity index is 499. The maximum absolute atomic E-state index is 6.16. The van der Waals surface area contributed by atoms with Gasteiger partial charge in [-0.15, -0.1) is 0 Å². The van der Waals surface area contributed by atoms with Crippen LogP contribution in [-0.4, -0.2) is 5.54 Å². The van der Waals surface area contributed by atoms with Crippen LogP contribution in [0.2, 0.25) is 0 Å². The molecule has 0 saturated heterocycles. The van der Waals surface area contributed by atoms with Crippen LogP contribution in [0.1, 0.15) is 24.4 Å². The Morgan fingerprint density at radius 3 is 2.73 bits per heavy atom. The van der Waals surface area contributed by atoms with Gasteiger partial charge in [0.05, 0.1) is 12.3 Å². The van der Waals surface area contributed by atoms with E-state index in [4.69, 9.17) is 15.9 Å². The zero-order valence-corrected chi connectivity index (χ0v) is 8.44. The summed E-state index contributed by atoms with van der Waals surface area (Å²) in [6.07, 6.45) is 3.75. The normalized spacial score (nSPS) is 20.4. The first kappa shape index (κ1) is 8.95. The van der Waals surface area contributed by atoms with Crippen LogP contribution in [0, 0.1) is 0 Å². The predicted molar refractivity (Wildman–Crippen MR) is 59.3 cm³/mol. The minimum Gasteiger partial charge on any atom is -0.464 e. The summed E-state index contributed by atoms with van der Waals surface area (Å²) in [4.78, 5) is 0. The largest absolute Gasteiger partial charge is 0.464 e. The Balaban J connectivity index is 2.11. The highest BCUT2D eigenvalue weighted by atomic mass is 16.3. The molecule has 3 rings (SSSR count). The number of furan rings is 1. The second-order valence-corrected chi connectivity index (χ2v) is 4.40. The van der Waals surface area contributed by atoms with E-state index in [1.54, 1.807) is 6.26 Å². The highest BCUT2D eigenvalue weighted by molar-refractivity contribution is 5.81. The van der Waals surface area contributed by atoms with Gasteiger partial charge in [0, 0.05) is 16.5 Å². The fraction of sp³-hybridized carbons (Fsp3) is 0.333. The number of hydrogen-bond acceptors (Lipinski definition) is 3. The lowest BCUT2D eigenvalue weighted by molar-refractivity contribution is 0.524. The lowest BCUT2D eigenvalue weighted by Crippen LogP contribution is -2.36. The molecule has 0 spiro atoms. The molecule has 1 aromatic heterocycles. The van der Waals surface area contributed by atoms with Gasteiger partial charge < -0.3 is 15.9 Å². The Morgan fingerprint density at radius 2 is 2.00 bits per heavy atom. The van der Waals surface area contributed by atoms with Crippen LogP contribution in [0.3, 0.4) is 0 Å². The summed E-state index contributed by atoms with van der Waals surface area (Å²) < 4.78 is 5.46. The van der Waals surface area contributed by atoms with Gasteiger partial charge in [-0.3, -0.25) is 0 Å². The summed E-state index contributed by atoms with van der Waals surface area (Å²) in [7, 11) is 0. The molecule has 3 heteroatoms. The zero-order chi connectivity index (χ0) is 10.5. The third kappa shape index (κ3) is 1.28. The van der Waals surface area contributed by atoms with Crippen molar-refractivity contribution in [1.82, 2.24) is 0 Å². The Kier molecular flexibility index (Phi) is 1.69. The molecular formula is C12H14N2O. The highest BCUT2D eigenvalue weighted by Gasteiger charge is 2.45. The maximum Gasteiger partial charge on any atom is 0.134 e. The number of rotatable bonds is 2. The molecule has 1 saturated carbocycles. The number of benzene rings is 1. The molecule has 78 valence electrons. The molecule has 0 amide bonds. The van der Waals surface area contributed by atoms with E-state index in [0.29, 0.717) is 0 Å². The highest BCUT2D eigenvalue weighted by Crippen LogP contribution is 2.43. The third-order valence-electron chi connectivity index (χ3n) is 3.29. The minimum atomic E-state index is -0.202. The molecule has 1 aliphatic carbocycles. The summed E-state index contributed by atoms with van der Waals surface area (Å²) in [6, 6.07) is 7.81. The molecule has 3 nitrogen and oxygen atoms in total. The molecule has 0 radical (unpaired) electrons. The van der Waals surface area contributed by atoms with Crippen molar-refractivity contribution in [2.75, 3.05) is 0 Å². The average Bonchev–Trinajstić information content (AvgIpc) is 2.87. The molecular weight excluding hydrogens is 188 g/mol. The standard InChI is InChI=1S/C12H14N2O/c13-11(12(14)5-6-12)9-7-15-10-4-2-1-3-8(9)10/h1-4,7,11H,5-6,13-14H2. The number of para-hydroxylation sites is 1. The van der Waals surface area contributed by atoms with Crippen LogP contribution in [0.25, 0.3) is 11.0 Å². The van der Waals surface area contributed by atoms with Crippen LogP contribution < -0.4 is 11.5 Å². The van der Waals surface area contributed by atoms with Crippen LogP contribution in [0.15, 0.2) is 34.9 Å². The van der Waals surface area contributed by atoms with E-state index in [-0.39, 0.29) is 11.6 Å². The fourth-order valence-electron chi connectivity index (χ4n) is 2.00. The molecule has 4 N–H and O–H groups in total. The molecule has 1 aliphatic rings. The SMILES string of the molecule is NC(c1coc2ccccc12)C1(N)CC1. The number of fused-ring (bicyclic) bond motifs is 1. The van der Waals surface area contributed by atoms with Gasteiger partial charge in [-0.2, -0.15) is 0 Å². The number of hydrogen-bond donors (Lipinski definition) is 2. The first-order valence-electron chi connectivity index (χ1n) is 5.21. The molecule has 2 aromatic rings. The number of nitrogens with two attached hydrogens (primary N) is 2. The van der Waals surface area contributed by atoms with E-state index < -0.39 is 0 Å². The first-order valence-corrected chi connectivity index (χ1v) is 5.21. The van der Waals surface area contributed by atoms with Gasteiger partial charge in [-0.25, -0.2) is 0 Å². The van der Waals surface area contributed by atoms with E-state index in [1.807, 2.05) is 24.3 Å². The van der Waals surface area contributed by atoms with Crippen LogP contribution >= 0.6 is 0 Å². The van der Waals surface area contributed by atoms with Crippen molar-refractivity contribution in [2.45, 2.75) is 24.4 Å². The van der Waals surface area contributed by atoms with Gasteiger partial charge in [0.25, 0.3) is 0 Å². The van der Waals surface area contributed by atoms with Crippen molar-refractivity contribution in [3.8, 4) is 0 Å². The molecule has 1 atom stereocenters. The van der Waals surface area contributed by atoms with Crippen LogP contribution in [0.4, 0.5) is 0 Å². The van der Waals surface area contributed by atoms with E-state index >= 15 is 0 Å². The Labute approximate surface area is 88.0 Å². The van der Waals surface area contributed by atoms with Crippen molar-refractivity contribution in [2.24, 2.45) is 11.5 Å². The van der Waals surface area contributed by atoms with Crippen LogP contribution in [0.5, 0.6) is 0 Å². The molecule has 1 fully saturated rings. The van der Waals surface area contributed by atoms with Crippen molar-refractivity contribution in [3.63, 3.8) is 0 Å². The summed E-state index contributed by atoms with van der Waals surface area (Å²) in [5.74, 6) is 0. The molecule has 15 heavy (non-hydrogen) atoms. The quantitative estimate of drug-likeness (QED) is 0.782. The van der Waals surface area contributed by atoms with Gasteiger partial charge in [-0.1, -0.05) is 18.2 Å². The van der Waals surface area contributed by atoms with Crippen molar-refractivity contribution in [1.29, 1.82) is 0 Å². The summed E-state index contributed by atoms with van der Waals surface area (Å²) in [5.41, 5.74) is 14.0. The average molecular weight is 202 g/mol. The Morgan fingerprint density at radius 1 is 1.27 bits per heavy atom. The summed E-state index contributed by atoms with van der Waals surface area (Å²) in [6.45, 7) is 0. The fourth-order valence-corrected chi connectivity index (χ4v) is 2.00. The monoisotopic (exact) mass is 202 g/mol. The van der Waals surface area contributed by atoms with E-state index in [1.165, 1.54) is 0 Å². The van der Waals surface area contributed by atoms with Gasteiger partial charge in [-0.05, 0) is 18.9 Å². The van der Waals surface area contributed by atoms with Crippen LogP contribution in [-0.2, 0) is 0 Å². The second kappa shape index (κ2) is 2.84. The second-order valence-electron chi connectivity index (χ2n) is 4.40.